The molecule has 0 radical (unpaired) electrons. The zero-order valence-electron chi connectivity index (χ0n) is 12.9. The molecule has 4 heteroatoms. The van der Waals surface area contributed by atoms with Crippen LogP contribution in [0.5, 0.6) is 0 Å². The summed E-state index contributed by atoms with van der Waals surface area (Å²) in [6.07, 6.45) is 6.47. The average molecular weight is 279 g/mol. The van der Waals surface area contributed by atoms with Gasteiger partial charge in [-0.3, -0.25) is 0 Å². The highest BCUT2D eigenvalue weighted by Gasteiger charge is 2.18. The van der Waals surface area contributed by atoms with Crippen molar-refractivity contribution in [3.8, 4) is 0 Å². The van der Waals surface area contributed by atoms with E-state index in [0.29, 0.717) is 17.9 Å². The molecule has 0 unspecified atom stereocenters. The highest BCUT2D eigenvalue weighted by molar-refractivity contribution is 5.43. The molecule has 1 fully saturated rings. The molecule has 2 heterocycles. The van der Waals surface area contributed by atoms with E-state index in [4.69, 9.17) is 0 Å². The van der Waals surface area contributed by atoms with E-state index in [1.165, 1.54) is 12.8 Å². The number of pyridine rings is 1. The van der Waals surface area contributed by atoms with Gasteiger partial charge in [0.15, 0.2) is 11.6 Å². The maximum Gasteiger partial charge on any atom is 0.170 e. The van der Waals surface area contributed by atoms with Crippen LogP contribution in [0.2, 0.25) is 0 Å². The van der Waals surface area contributed by atoms with E-state index in [1.807, 2.05) is 0 Å². The van der Waals surface area contributed by atoms with Gasteiger partial charge in [-0.1, -0.05) is 12.8 Å². The zero-order chi connectivity index (χ0) is 14.6. The topological polar surface area (TPSA) is 28.2 Å². The summed E-state index contributed by atoms with van der Waals surface area (Å²) in [7, 11) is 0. The first-order chi connectivity index (χ1) is 9.47. The molecule has 3 nitrogen and oxygen atoms in total. The summed E-state index contributed by atoms with van der Waals surface area (Å²) in [6, 6.07) is 1.77. The van der Waals surface area contributed by atoms with Crippen LogP contribution >= 0.6 is 0 Å². The summed E-state index contributed by atoms with van der Waals surface area (Å²) in [6.45, 7) is 8.63. The van der Waals surface area contributed by atoms with E-state index in [9.17, 15) is 4.39 Å². The van der Waals surface area contributed by atoms with Gasteiger partial charge in [-0.05, 0) is 39.7 Å². The van der Waals surface area contributed by atoms with E-state index in [2.05, 4.69) is 36.0 Å². The van der Waals surface area contributed by atoms with Gasteiger partial charge in [-0.15, -0.1) is 0 Å². The van der Waals surface area contributed by atoms with Crippen molar-refractivity contribution in [3.63, 3.8) is 0 Å². The van der Waals surface area contributed by atoms with Crippen LogP contribution in [-0.2, 0) is 6.54 Å². The summed E-state index contributed by atoms with van der Waals surface area (Å²) in [5.74, 6) is 0.367. The first kappa shape index (κ1) is 15.2. The highest BCUT2D eigenvalue weighted by Crippen LogP contribution is 2.23. The Morgan fingerprint density at radius 1 is 1.20 bits per heavy atom. The molecule has 112 valence electrons. The lowest BCUT2D eigenvalue weighted by Crippen LogP contribution is -2.35. The predicted octanol–water partition coefficient (Wildman–Crippen LogP) is 3.49. The Morgan fingerprint density at radius 2 is 1.85 bits per heavy atom. The van der Waals surface area contributed by atoms with Crippen LogP contribution in [0.15, 0.2) is 12.3 Å². The smallest absolute Gasteiger partial charge is 0.170 e. The van der Waals surface area contributed by atoms with Crippen molar-refractivity contribution in [2.24, 2.45) is 0 Å². The Morgan fingerprint density at radius 3 is 2.45 bits per heavy atom. The summed E-state index contributed by atoms with van der Waals surface area (Å²) in [4.78, 5) is 6.37. The largest absolute Gasteiger partial charge is 0.354 e. The number of hydrogen-bond donors (Lipinski definition) is 1. The van der Waals surface area contributed by atoms with Crippen molar-refractivity contribution < 1.29 is 4.39 Å². The third-order valence-electron chi connectivity index (χ3n) is 3.67. The number of anilines is 1. The number of rotatable bonds is 3. The average Bonchev–Trinajstić information content (AvgIpc) is 2.65. The lowest BCUT2D eigenvalue weighted by Gasteiger charge is -2.24. The van der Waals surface area contributed by atoms with Crippen LogP contribution in [0, 0.1) is 5.82 Å². The minimum Gasteiger partial charge on any atom is -0.354 e. The second kappa shape index (κ2) is 6.53. The molecule has 0 amide bonds. The monoisotopic (exact) mass is 279 g/mol. The first-order valence-electron chi connectivity index (χ1n) is 7.61. The Bertz CT molecular complexity index is 432. The van der Waals surface area contributed by atoms with Crippen molar-refractivity contribution in [2.75, 3.05) is 18.0 Å². The number of halogens is 1. The van der Waals surface area contributed by atoms with Crippen LogP contribution in [0.25, 0.3) is 0 Å². The van der Waals surface area contributed by atoms with Gasteiger partial charge >= 0.3 is 0 Å². The van der Waals surface area contributed by atoms with Crippen molar-refractivity contribution >= 4 is 5.82 Å². The Hall–Kier alpha value is -1.16. The lowest BCUT2D eigenvalue weighted by molar-refractivity contribution is 0.418. The Balaban J connectivity index is 2.13. The molecule has 0 saturated carbocycles. The van der Waals surface area contributed by atoms with E-state index in [0.717, 1.165) is 25.9 Å². The molecule has 0 atom stereocenters. The van der Waals surface area contributed by atoms with Crippen molar-refractivity contribution in [1.29, 1.82) is 0 Å². The maximum atomic E-state index is 14.6. The normalized spacial score (nSPS) is 17.1. The fraction of sp³-hybridized carbons (Fsp3) is 0.688. The summed E-state index contributed by atoms with van der Waals surface area (Å²) < 4.78 is 14.6. The zero-order valence-corrected chi connectivity index (χ0v) is 12.9. The van der Waals surface area contributed by atoms with Crippen molar-refractivity contribution in [3.05, 3.63) is 23.6 Å². The molecular formula is C16H26FN3. The molecular weight excluding hydrogens is 253 g/mol. The molecule has 0 aliphatic carbocycles. The van der Waals surface area contributed by atoms with Gasteiger partial charge in [0, 0.05) is 36.9 Å². The van der Waals surface area contributed by atoms with Crippen molar-refractivity contribution in [2.45, 2.75) is 58.5 Å². The molecule has 0 aromatic carbocycles. The van der Waals surface area contributed by atoms with Gasteiger partial charge in [0.1, 0.15) is 0 Å². The lowest BCUT2D eigenvalue weighted by atomic mass is 10.1. The number of aromatic nitrogens is 1. The molecule has 1 saturated heterocycles. The summed E-state index contributed by atoms with van der Waals surface area (Å²) >= 11 is 0. The van der Waals surface area contributed by atoms with Gasteiger partial charge < -0.3 is 10.2 Å². The fourth-order valence-corrected chi connectivity index (χ4v) is 2.47. The van der Waals surface area contributed by atoms with Crippen LogP contribution in [0.3, 0.4) is 0 Å². The van der Waals surface area contributed by atoms with Crippen LogP contribution in [-0.4, -0.2) is 23.6 Å². The first-order valence-corrected chi connectivity index (χ1v) is 7.61. The third-order valence-corrected chi connectivity index (χ3v) is 3.67. The second-order valence-corrected chi connectivity index (χ2v) is 6.61. The summed E-state index contributed by atoms with van der Waals surface area (Å²) in [5, 5.41) is 3.34. The Kier molecular flexibility index (Phi) is 4.97. The number of hydrogen-bond acceptors (Lipinski definition) is 3. The molecule has 1 aromatic heterocycles. The predicted molar refractivity (Wildman–Crippen MR) is 81.5 cm³/mol. The third kappa shape index (κ3) is 4.17. The second-order valence-electron chi connectivity index (χ2n) is 6.61. The number of nitrogens with zero attached hydrogens (tertiary/aromatic N) is 2. The van der Waals surface area contributed by atoms with E-state index in [-0.39, 0.29) is 11.4 Å². The SMILES string of the molecule is CC(C)(C)NCc1ccnc(N2CCCCCC2)c1F. The molecule has 1 aliphatic heterocycles. The van der Waals surface area contributed by atoms with Crippen LogP contribution in [0.1, 0.15) is 52.0 Å². The summed E-state index contributed by atoms with van der Waals surface area (Å²) in [5.41, 5.74) is 0.688. The van der Waals surface area contributed by atoms with Gasteiger partial charge in [-0.25, -0.2) is 9.37 Å². The molecule has 0 spiro atoms. The standard InChI is InChI=1S/C16H26FN3/c1-16(2,3)19-12-13-8-9-18-15(14(13)17)20-10-6-4-5-7-11-20/h8-9,19H,4-7,10-12H2,1-3H3. The van der Waals surface area contributed by atoms with Crippen LogP contribution in [0.4, 0.5) is 10.2 Å². The molecule has 1 N–H and O–H groups in total. The van der Waals surface area contributed by atoms with E-state index in [1.54, 1.807) is 12.3 Å². The molecule has 0 bridgehead atoms. The number of nitrogens with one attached hydrogen (secondary N) is 1. The van der Waals surface area contributed by atoms with E-state index >= 15 is 0 Å². The highest BCUT2D eigenvalue weighted by atomic mass is 19.1. The van der Waals surface area contributed by atoms with Crippen LogP contribution < -0.4 is 10.2 Å². The van der Waals surface area contributed by atoms with Crippen molar-refractivity contribution in [1.82, 2.24) is 10.3 Å². The Labute approximate surface area is 121 Å². The molecule has 1 aliphatic rings. The van der Waals surface area contributed by atoms with Gasteiger partial charge in [0.2, 0.25) is 0 Å². The van der Waals surface area contributed by atoms with Gasteiger partial charge in [0.05, 0.1) is 0 Å². The maximum absolute atomic E-state index is 14.6. The fourth-order valence-electron chi connectivity index (χ4n) is 2.47. The quantitative estimate of drug-likeness (QED) is 0.918. The van der Waals surface area contributed by atoms with Gasteiger partial charge in [-0.2, -0.15) is 0 Å². The minimum atomic E-state index is -0.161. The molecule has 20 heavy (non-hydrogen) atoms. The minimum absolute atomic E-state index is 0.0154. The van der Waals surface area contributed by atoms with E-state index < -0.39 is 0 Å². The molecule has 2 rings (SSSR count). The molecule has 1 aromatic rings. The van der Waals surface area contributed by atoms with Gasteiger partial charge in [0.25, 0.3) is 0 Å².